The summed E-state index contributed by atoms with van der Waals surface area (Å²) in [6, 6.07) is 23.1. The van der Waals surface area contributed by atoms with E-state index in [9.17, 15) is 4.79 Å². The summed E-state index contributed by atoms with van der Waals surface area (Å²) < 4.78 is 7.25. The molecule has 0 N–H and O–H groups in total. The van der Waals surface area contributed by atoms with Crippen LogP contribution in [0, 0.1) is 0 Å². The number of thioether (sulfide) groups is 1. The fourth-order valence-electron chi connectivity index (χ4n) is 3.28. The number of carbonyl (C=O) groups is 1. The molecule has 4 aromatic rings. The van der Waals surface area contributed by atoms with Gasteiger partial charge in [-0.2, -0.15) is 0 Å². The molecule has 0 aliphatic heterocycles. The first-order chi connectivity index (χ1) is 15.8. The highest BCUT2D eigenvalue weighted by molar-refractivity contribution is 7.99. The van der Waals surface area contributed by atoms with Crippen LogP contribution >= 0.6 is 11.8 Å². The fraction of sp³-hybridized carbons (Fsp3) is 0.167. The van der Waals surface area contributed by atoms with Crippen molar-refractivity contribution in [3.8, 4) is 11.4 Å². The zero-order valence-corrected chi connectivity index (χ0v) is 18.5. The SMILES string of the molecule is COCCn1c(SCC(=O)N(c2ccccc2)c2ccccc2)nnc1-c1ccncc1. The number of methoxy groups -OCH3 is 1. The van der Waals surface area contributed by atoms with Gasteiger partial charge in [-0.15, -0.1) is 10.2 Å². The Balaban J connectivity index is 1.58. The Morgan fingerprint density at radius 3 is 2.16 bits per heavy atom. The van der Waals surface area contributed by atoms with E-state index in [0.717, 1.165) is 22.8 Å². The normalized spacial score (nSPS) is 10.8. The van der Waals surface area contributed by atoms with Crippen LogP contribution in [0.5, 0.6) is 0 Å². The molecular formula is C24H23N5O2S. The first-order valence-electron chi connectivity index (χ1n) is 10.2. The summed E-state index contributed by atoms with van der Waals surface area (Å²) in [6.45, 7) is 1.09. The summed E-state index contributed by atoms with van der Waals surface area (Å²) in [5.41, 5.74) is 2.56. The molecule has 0 atom stereocenters. The van der Waals surface area contributed by atoms with Crippen LogP contribution in [-0.4, -0.2) is 45.1 Å². The van der Waals surface area contributed by atoms with Crippen molar-refractivity contribution < 1.29 is 9.53 Å². The van der Waals surface area contributed by atoms with Gasteiger partial charge in [0.15, 0.2) is 11.0 Å². The maximum Gasteiger partial charge on any atom is 0.242 e. The standard InChI is InChI=1S/C24H23N5O2S/c1-31-17-16-28-23(19-12-14-25-15-13-19)26-27-24(28)32-18-22(30)29(20-8-4-2-5-9-20)21-10-6-3-7-11-21/h2-15H,16-18H2,1H3. The van der Waals surface area contributed by atoms with Gasteiger partial charge >= 0.3 is 0 Å². The molecule has 8 heteroatoms. The van der Waals surface area contributed by atoms with Crippen LogP contribution in [-0.2, 0) is 16.1 Å². The van der Waals surface area contributed by atoms with Crippen molar-refractivity contribution in [2.75, 3.05) is 24.4 Å². The minimum Gasteiger partial charge on any atom is -0.383 e. The molecular weight excluding hydrogens is 422 g/mol. The third kappa shape index (κ3) is 5.04. The summed E-state index contributed by atoms with van der Waals surface area (Å²) in [6.07, 6.45) is 3.44. The van der Waals surface area contributed by atoms with Crippen molar-refractivity contribution >= 4 is 29.0 Å². The molecule has 32 heavy (non-hydrogen) atoms. The number of benzene rings is 2. The van der Waals surface area contributed by atoms with Crippen LogP contribution in [0.15, 0.2) is 90.3 Å². The second-order valence-electron chi connectivity index (χ2n) is 6.88. The first kappa shape index (κ1) is 21.7. The Bertz CT molecular complexity index is 1100. The van der Waals surface area contributed by atoms with Crippen molar-refractivity contribution in [2.24, 2.45) is 0 Å². The molecule has 2 heterocycles. The monoisotopic (exact) mass is 445 g/mol. The Hall–Kier alpha value is -3.49. The Morgan fingerprint density at radius 1 is 0.938 bits per heavy atom. The molecule has 2 aromatic carbocycles. The van der Waals surface area contributed by atoms with E-state index in [-0.39, 0.29) is 11.7 Å². The lowest BCUT2D eigenvalue weighted by atomic mass is 10.2. The summed E-state index contributed by atoms with van der Waals surface area (Å²) in [4.78, 5) is 19.1. The van der Waals surface area contributed by atoms with E-state index in [1.54, 1.807) is 24.4 Å². The van der Waals surface area contributed by atoms with E-state index >= 15 is 0 Å². The summed E-state index contributed by atoms with van der Waals surface area (Å²) in [5, 5.41) is 9.38. The van der Waals surface area contributed by atoms with E-state index < -0.39 is 0 Å². The lowest BCUT2D eigenvalue weighted by Gasteiger charge is -2.23. The van der Waals surface area contributed by atoms with E-state index in [2.05, 4.69) is 15.2 Å². The smallest absolute Gasteiger partial charge is 0.242 e. The number of anilines is 2. The Morgan fingerprint density at radius 2 is 1.56 bits per heavy atom. The molecule has 0 bridgehead atoms. The van der Waals surface area contributed by atoms with Gasteiger partial charge < -0.3 is 4.74 Å². The molecule has 1 amide bonds. The van der Waals surface area contributed by atoms with Crippen molar-refractivity contribution in [1.82, 2.24) is 19.7 Å². The van der Waals surface area contributed by atoms with Crippen LogP contribution < -0.4 is 4.90 Å². The molecule has 162 valence electrons. The number of carbonyl (C=O) groups excluding carboxylic acids is 1. The molecule has 0 aliphatic carbocycles. The van der Waals surface area contributed by atoms with Gasteiger partial charge in [0, 0.05) is 36.4 Å². The highest BCUT2D eigenvalue weighted by Crippen LogP contribution is 2.28. The zero-order valence-electron chi connectivity index (χ0n) is 17.7. The Kier molecular flexibility index (Phi) is 7.27. The van der Waals surface area contributed by atoms with E-state index in [0.29, 0.717) is 18.3 Å². The van der Waals surface area contributed by atoms with Crippen LogP contribution in [0.1, 0.15) is 0 Å². The van der Waals surface area contributed by atoms with Crippen LogP contribution in [0.4, 0.5) is 11.4 Å². The van der Waals surface area contributed by atoms with Crippen molar-refractivity contribution in [3.63, 3.8) is 0 Å². The van der Waals surface area contributed by atoms with Gasteiger partial charge in [-0.3, -0.25) is 19.2 Å². The molecule has 0 saturated heterocycles. The molecule has 7 nitrogen and oxygen atoms in total. The third-order valence-electron chi connectivity index (χ3n) is 4.78. The maximum atomic E-state index is 13.3. The second-order valence-corrected chi connectivity index (χ2v) is 7.82. The quantitative estimate of drug-likeness (QED) is 0.355. The van der Waals surface area contributed by atoms with Crippen molar-refractivity contribution in [1.29, 1.82) is 0 Å². The topological polar surface area (TPSA) is 73.1 Å². The number of pyridine rings is 1. The van der Waals surface area contributed by atoms with E-state index in [1.807, 2.05) is 77.4 Å². The molecule has 0 spiro atoms. The van der Waals surface area contributed by atoms with Gasteiger partial charge in [0.2, 0.25) is 5.91 Å². The molecule has 0 radical (unpaired) electrons. The van der Waals surface area contributed by atoms with E-state index in [1.165, 1.54) is 11.8 Å². The number of ether oxygens (including phenoxy) is 1. The lowest BCUT2D eigenvalue weighted by Crippen LogP contribution is -2.27. The second kappa shape index (κ2) is 10.7. The van der Waals surface area contributed by atoms with Crippen LogP contribution in [0.25, 0.3) is 11.4 Å². The fourth-order valence-corrected chi connectivity index (χ4v) is 4.09. The molecule has 0 unspecified atom stereocenters. The zero-order chi connectivity index (χ0) is 22.2. The highest BCUT2D eigenvalue weighted by Gasteiger charge is 2.20. The predicted molar refractivity (Wildman–Crippen MR) is 126 cm³/mol. The number of para-hydroxylation sites is 2. The van der Waals surface area contributed by atoms with Crippen molar-refractivity contribution in [3.05, 3.63) is 85.2 Å². The molecule has 0 fully saturated rings. The number of nitrogens with zero attached hydrogens (tertiary/aromatic N) is 5. The largest absolute Gasteiger partial charge is 0.383 e. The van der Waals surface area contributed by atoms with Gasteiger partial charge in [-0.25, -0.2) is 0 Å². The molecule has 0 saturated carbocycles. The van der Waals surface area contributed by atoms with Gasteiger partial charge in [0.05, 0.1) is 18.9 Å². The van der Waals surface area contributed by atoms with Gasteiger partial charge in [0.25, 0.3) is 0 Å². The number of amides is 1. The first-order valence-corrected chi connectivity index (χ1v) is 11.1. The van der Waals surface area contributed by atoms with Crippen molar-refractivity contribution in [2.45, 2.75) is 11.7 Å². The molecule has 4 rings (SSSR count). The van der Waals surface area contributed by atoms with Gasteiger partial charge in [0.1, 0.15) is 0 Å². The summed E-state index contributed by atoms with van der Waals surface area (Å²) in [7, 11) is 1.66. The number of aromatic nitrogens is 4. The average molecular weight is 446 g/mol. The molecule has 2 aromatic heterocycles. The molecule has 0 aliphatic rings. The summed E-state index contributed by atoms with van der Waals surface area (Å²) >= 11 is 1.37. The number of hydrogen-bond acceptors (Lipinski definition) is 6. The third-order valence-corrected chi connectivity index (χ3v) is 5.73. The number of hydrogen-bond donors (Lipinski definition) is 0. The van der Waals surface area contributed by atoms with Gasteiger partial charge in [-0.05, 0) is 36.4 Å². The Labute approximate surface area is 191 Å². The van der Waals surface area contributed by atoms with E-state index in [4.69, 9.17) is 4.74 Å². The minimum absolute atomic E-state index is 0.0425. The van der Waals surface area contributed by atoms with Crippen LogP contribution in [0.2, 0.25) is 0 Å². The van der Waals surface area contributed by atoms with Crippen LogP contribution in [0.3, 0.4) is 0 Å². The average Bonchev–Trinajstić information content (AvgIpc) is 3.26. The summed E-state index contributed by atoms with van der Waals surface area (Å²) in [5.74, 6) is 0.896. The van der Waals surface area contributed by atoms with Gasteiger partial charge in [-0.1, -0.05) is 48.2 Å². The minimum atomic E-state index is -0.0425. The maximum absolute atomic E-state index is 13.3. The predicted octanol–water partition coefficient (Wildman–Crippen LogP) is 4.44. The number of rotatable bonds is 9. The highest BCUT2D eigenvalue weighted by atomic mass is 32.2. The lowest BCUT2D eigenvalue weighted by molar-refractivity contribution is -0.115.